The summed E-state index contributed by atoms with van der Waals surface area (Å²) in [5.41, 5.74) is 0. The Balaban J connectivity index is 1.92. The van der Waals surface area contributed by atoms with E-state index in [1.807, 2.05) is 11.2 Å². The Kier molecular flexibility index (Phi) is 4.22. The van der Waals surface area contributed by atoms with Crippen LogP contribution in [-0.2, 0) is 14.8 Å². The summed E-state index contributed by atoms with van der Waals surface area (Å²) in [6, 6.07) is 6.26. The minimum Gasteiger partial charge on any atom is -0.337 e. The van der Waals surface area contributed by atoms with Crippen molar-refractivity contribution in [3.8, 4) is 0 Å². The third-order valence-electron chi connectivity index (χ3n) is 4.51. The van der Waals surface area contributed by atoms with Crippen LogP contribution in [0, 0.1) is 0 Å². The number of piperazine rings is 1. The second-order valence-corrected chi connectivity index (χ2v) is 8.52. The molecule has 0 spiro atoms. The Morgan fingerprint density at radius 3 is 2.55 bits per heavy atom. The van der Waals surface area contributed by atoms with E-state index in [4.69, 9.17) is 0 Å². The van der Waals surface area contributed by atoms with Crippen LogP contribution >= 0.6 is 11.8 Å². The summed E-state index contributed by atoms with van der Waals surface area (Å²) in [5.74, 6) is -0.0712. The fourth-order valence-electron chi connectivity index (χ4n) is 3.23. The fourth-order valence-corrected chi connectivity index (χ4v) is 5.27. The second kappa shape index (κ2) is 5.86. The molecule has 5 nitrogen and oxygen atoms in total. The van der Waals surface area contributed by atoms with Crippen LogP contribution in [0.5, 0.6) is 0 Å². The normalized spacial score (nSPS) is 26.3. The quantitative estimate of drug-likeness (QED) is 0.787. The Bertz CT molecular complexity index is 673. The molecule has 120 valence electrons. The molecule has 2 aliphatic rings. The van der Waals surface area contributed by atoms with Gasteiger partial charge in [-0.05, 0) is 50.3 Å². The van der Waals surface area contributed by atoms with Gasteiger partial charge in [0.25, 0.3) is 0 Å². The number of fused-ring (bicyclic) bond motifs is 1. The van der Waals surface area contributed by atoms with Gasteiger partial charge in [0, 0.05) is 24.0 Å². The van der Waals surface area contributed by atoms with Crippen LogP contribution in [0.15, 0.2) is 34.1 Å². The molecule has 2 fully saturated rings. The zero-order valence-corrected chi connectivity index (χ0v) is 14.4. The van der Waals surface area contributed by atoms with Crippen LogP contribution in [0.3, 0.4) is 0 Å². The molecule has 1 amide bonds. The maximum absolute atomic E-state index is 12.9. The van der Waals surface area contributed by atoms with E-state index in [-0.39, 0.29) is 16.8 Å². The average Bonchev–Trinajstić information content (AvgIpc) is 2.99. The van der Waals surface area contributed by atoms with Crippen molar-refractivity contribution in [3.63, 3.8) is 0 Å². The third-order valence-corrected chi connectivity index (χ3v) is 7.20. The lowest BCUT2D eigenvalue weighted by Gasteiger charge is -2.40. The SMILES string of the molecule is CSc1ccc(S(=O)(=O)N2C[C@@H]3CCCN3C(=O)[C@H]2C)cc1. The van der Waals surface area contributed by atoms with Crippen molar-refractivity contribution >= 4 is 27.7 Å². The van der Waals surface area contributed by atoms with Crippen LogP contribution in [0.1, 0.15) is 19.8 Å². The molecule has 3 rings (SSSR count). The van der Waals surface area contributed by atoms with E-state index in [0.29, 0.717) is 6.54 Å². The highest BCUT2D eigenvalue weighted by atomic mass is 32.2. The number of rotatable bonds is 3. The zero-order valence-electron chi connectivity index (χ0n) is 12.7. The Hall–Kier alpha value is -1.05. The first-order chi connectivity index (χ1) is 10.4. The maximum Gasteiger partial charge on any atom is 0.243 e. The molecule has 0 radical (unpaired) electrons. The van der Waals surface area contributed by atoms with Crippen LogP contribution in [-0.4, -0.2) is 55.0 Å². The van der Waals surface area contributed by atoms with Gasteiger partial charge in [-0.3, -0.25) is 4.79 Å². The first-order valence-electron chi connectivity index (χ1n) is 7.41. The zero-order chi connectivity index (χ0) is 15.9. The van der Waals surface area contributed by atoms with Crippen molar-refractivity contribution in [2.75, 3.05) is 19.3 Å². The predicted molar refractivity (Wildman–Crippen MR) is 86.3 cm³/mol. The molecule has 22 heavy (non-hydrogen) atoms. The van der Waals surface area contributed by atoms with Gasteiger partial charge in [-0.2, -0.15) is 4.31 Å². The van der Waals surface area contributed by atoms with Crippen molar-refractivity contribution < 1.29 is 13.2 Å². The Labute approximate surface area is 135 Å². The number of benzene rings is 1. The molecule has 1 aromatic rings. The van der Waals surface area contributed by atoms with Gasteiger partial charge in [0.05, 0.1) is 4.90 Å². The van der Waals surface area contributed by atoms with E-state index >= 15 is 0 Å². The lowest BCUT2D eigenvalue weighted by atomic mass is 10.1. The van der Waals surface area contributed by atoms with Crippen LogP contribution < -0.4 is 0 Å². The van der Waals surface area contributed by atoms with Crippen molar-refractivity contribution in [2.24, 2.45) is 0 Å². The van der Waals surface area contributed by atoms with E-state index in [1.54, 1.807) is 43.0 Å². The van der Waals surface area contributed by atoms with Crippen molar-refractivity contribution in [3.05, 3.63) is 24.3 Å². The fraction of sp³-hybridized carbons (Fsp3) is 0.533. The standard InChI is InChI=1S/C15H20N2O3S2/c1-11-15(18)16-9-3-4-12(16)10-17(11)22(19,20)14-7-5-13(21-2)6-8-14/h5-8,11-12H,3-4,9-10H2,1-2H3/t11-,12+/m1/s1. The largest absolute Gasteiger partial charge is 0.337 e. The van der Waals surface area contributed by atoms with Gasteiger partial charge < -0.3 is 4.90 Å². The third kappa shape index (κ3) is 2.55. The monoisotopic (exact) mass is 340 g/mol. The van der Waals surface area contributed by atoms with Gasteiger partial charge in [-0.25, -0.2) is 8.42 Å². The van der Waals surface area contributed by atoms with Gasteiger partial charge in [-0.1, -0.05) is 0 Å². The smallest absolute Gasteiger partial charge is 0.243 e. The predicted octanol–water partition coefficient (Wildman–Crippen LogP) is 1.79. The van der Waals surface area contributed by atoms with E-state index in [9.17, 15) is 13.2 Å². The molecule has 0 aliphatic carbocycles. The highest BCUT2D eigenvalue weighted by Gasteiger charge is 2.45. The summed E-state index contributed by atoms with van der Waals surface area (Å²) in [6.45, 7) is 2.84. The molecule has 1 aromatic carbocycles. The molecular weight excluding hydrogens is 320 g/mol. The summed E-state index contributed by atoms with van der Waals surface area (Å²) in [7, 11) is -3.63. The molecule has 2 saturated heterocycles. The lowest BCUT2D eigenvalue weighted by molar-refractivity contribution is -0.139. The van der Waals surface area contributed by atoms with E-state index in [0.717, 1.165) is 24.3 Å². The maximum atomic E-state index is 12.9. The number of amides is 1. The molecule has 2 atom stereocenters. The van der Waals surface area contributed by atoms with Crippen molar-refractivity contribution in [2.45, 2.75) is 41.6 Å². The number of hydrogen-bond acceptors (Lipinski definition) is 4. The van der Waals surface area contributed by atoms with Crippen LogP contribution in [0.4, 0.5) is 0 Å². The molecule has 0 unspecified atom stereocenters. The summed E-state index contributed by atoms with van der Waals surface area (Å²) in [4.78, 5) is 15.5. The molecule has 2 aliphatic heterocycles. The van der Waals surface area contributed by atoms with Gasteiger partial charge in [-0.15, -0.1) is 11.8 Å². The summed E-state index contributed by atoms with van der Waals surface area (Å²) in [5, 5.41) is 0. The minimum absolute atomic E-state index is 0.0314. The summed E-state index contributed by atoms with van der Waals surface area (Å²) < 4.78 is 27.1. The molecular formula is C15H20N2O3S2. The second-order valence-electron chi connectivity index (χ2n) is 5.75. The average molecular weight is 340 g/mol. The molecule has 2 heterocycles. The van der Waals surface area contributed by atoms with Crippen molar-refractivity contribution in [1.29, 1.82) is 0 Å². The first kappa shape index (κ1) is 15.8. The van der Waals surface area contributed by atoms with Crippen LogP contribution in [0.25, 0.3) is 0 Å². The minimum atomic E-state index is -3.63. The number of sulfonamides is 1. The van der Waals surface area contributed by atoms with Gasteiger partial charge in [0.15, 0.2) is 0 Å². The number of carbonyl (C=O) groups is 1. The molecule has 0 aromatic heterocycles. The molecule has 0 bridgehead atoms. The summed E-state index contributed by atoms with van der Waals surface area (Å²) in [6.07, 6.45) is 3.79. The highest BCUT2D eigenvalue weighted by Crippen LogP contribution is 2.30. The molecule has 7 heteroatoms. The lowest BCUT2D eigenvalue weighted by Crippen LogP contribution is -2.59. The van der Waals surface area contributed by atoms with Gasteiger partial charge in [0.1, 0.15) is 6.04 Å². The molecule has 0 saturated carbocycles. The van der Waals surface area contributed by atoms with E-state index < -0.39 is 16.1 Å². The summed E-state index contributed by atoms with van der Waals surface area (Å²) >= 11 is 1.57. The molecule has 0 N–H and O–H groups in total. The number of thioether (sulfide) groups is 1. The van der Waals surface area contributed by atoms with Gasteiger partial charge in [0.2, 0.25) is 15.9 Å². The number of nitrogens with zero attached hydrogens (tertiary/aromatic N) is 2. The van der Waals surface area contributed by atoms with E-state index in [1.165, 1.54) is 4.31 Å². The van der Waals surface area contributed by atoms with Gasteiger partial charge >= 0.3 is 0 Å². The topological polar surface area (TPSA) is 57.7 Å². The first-order valence-corrected chi connectivity index (χ1v) is 10.1. The Morgan fingerprint density at radius 1 is 1.23 bits per heavy atom. The number of carbonyl (C=O) groups excluding carboxylic acids is 1. The number of hydrogen-bond donors (Lipinski definition) is 0. The van der Waals surface area contributed by atoms with Crippen LogP contribution in [0.2, 0.25) is 0 Å². The van der Waals surface area contributed by atoms with E-state index in [2.05, 4.69) is 0 Å². The Morgan fingerprint density at radius 2 is 1.91 bits per heavy atom. The van der Waals surface area contributed by atoms with Crippen molar-refractivity contribution in [1.82, 2.24) is 9.21 Å². The highest BCUT2D eigenvalue weighted by molar-refractivity contribution is 7.98.